The maximum Gasteiger partial charge on any atom is 0.240 e. The van der Waals surface area contributed by atoms with Crippen molar-refractivity contribution in [3.63, 3.8) is 0 Å². The SMILES string of the molecule is CC=Cc1ccc(CCNS(=O)(=O)c2ccc(Cl)cc2)cc1. The molecule has 0 unspecified atom stereocenters. The number of benzene rings is 2. The third-order valence-electron chi connectivity index (χ3n) is 3.17. The first-order valence-corrected chi connectivity index (χ1v) is 8.84. The predicted octanol–water partition coefficient (Wildman–Crippen LogP) is 3.89. The lowest BCUT2D eigenvalue weighted by atomic mass is 10.1. The van der Waals surface area contributed by atoms with E-state index in [0.717, 1.165) is 11.1 Å². The molecule has 0 bridgehead atoms. The van der Waals surface area contributed by atoms with Crippen LogP contribution >= 0.6 is 11.6 Å². The van der Waals surface area contributed by atoms with E-state index in [2.05, 4.69) is 4.72 Å². The largest absolute Gasteiger partial charge is 0.240 e. The Kier molecular flexibility index (Phi) is 5.77. The second-order valence-electron chi connectivity index (χ2n) is 4.84. The fraction of sp³-hybridized carbons (Fsp3) is 0.176. The zero-order chi connectivity index (χ0) is 16.0. The van der Waals surface area contributed by atoms with Crippen LogP contribution in [0.5, 0.6) is 0 Å². The van der Waals surface area contributed by atoms with Crippen LogP contribution in [0.1, 0.15) is 18.1 Å². The van der Waals surface area contributed by atoms with E-state index in [1.165, 1.54) is 12.1 Å². The third-order valence-corrected chi connectivity index (χ3v) is 4.90. The van der Waals surface area contributed by atoms with Gasteiger partial charge in [0.2, 0.25) is 10.0 Å². The lowest BCUT2D eigenvalue weighted by Crippen LogP contribution is -2.25. The first kappa shape index (κ1) is 16.7. The highest BCUT2D eigenvalue weighted by Crippen LogP contribution is 2.14. The molecule has 0 saturated carbocycles. The van der Waals surface area contributed by atoms with Crippen molar-refractivity contribution in [2.75, 3.05) is 6.54 Å². The van der Waals surface area contributed by atoms with Crippen LogP contribution in [0.4, 0.5) is 0 Å². The van der Waals surface area contributed by atoms with E-state index in [9.17, 15) is 8.42 Å². The maximum atomic E-state index is 12.1. The first-order valence-electron chi connectivity index (χ1n) is 6.98. The minimum absolute atomic E-state index is 0.223. The average molecular weight is 336 g/mol. The highest BCUT2D eigenvalue weighted by molar-refractivity contribution is 7.89. The van der Waals surface area contributed by atoms with Crippen molar-refractivity contribution in [2.24, 2.45) is 0 Å². The molecular weight excluding hydrogens is 318 g/mol. The van der Waals surface area contributed by atoms with Crippen LogP contribution in [0, 0.1) is 0 Å². The molecule has 0 amide bonds. The fourth-order valence-electron chi connectivity index (χ4n) is 2.01. The second-order valence-corrected chi connectivity index (χ2v) is 7.05. The molecule has 0 heterocycles. The molecular formula is C17H18ClNO2S. The van der Waals surface area contributed by atoms with Crippen LogP contribution < -0.4 is 4.72 Å². The Morgan fingerprint density at radius 2 is 1.68 bits per heavy atom. The van der Waals surface area contributed by atoms with Crippen LogP contribution in [0.15, 0.2) is 59.5 Å². The van der Waals surface area contributed by atoms with Gasteiger partial charge in [0, 0.05) is 11.6 Å². The predicted molar refractivity (Wildman–Crippen MR) is 91.5 cm³/mol. The molecule has 22 heavy (non-hydrogen) atoms. The summed E-state index contributed by atoms with van der Waals surface area (Å²) in [5.41, 5.74) is 2.22. The Hall–Kier alpha value is -1.62. The minimum Gasteiger partial charge on any atom is -0.211 e. The molecule has 0 atom stereocenters. The number of halogens is 1. The molecule has 0 aliphatic carbocycles. The van der Waals surface area contributed by atoms with Gasteiger partial charge < -0.3 is 0 Å². The third kappa shape index (κ3) is 4.70. The summed E-state index contributed by atoms with van der Waals surface area (Å²) in [4.78, 5) is 0.223. The van der Waals surface area contributed by atoms with Crippen molar-refractivity contribution in [3.8, 4) is 0 Å². The summed E-state index contributed by atoms with van der Waals surface area (Å²) in [6.07, 6.45) is 4.64. The van der Waals surface area contributed by atoms with Crippen LogP contribution in [0.2, 0.25) is 5.02 Å². The molecule has 0 aliphatic rings. The molecule has 0 saturated heterocycles. The van der Waals surface area contributed by atoms with Gasteiger partial charge in [0.05, 0.1) is 4.90 Å². The standard InChI is InChI=1S/C17H18ClNO2S/c1-2-3-14-4-6-15(7-5-14)12-13-19-22(20,21)17-10-8-16(18)9-11-17/h2-11,19H,12-13H2,1H3. The van der Waals surface area contributed by atoms with Gasteiger partial charge in [-0.15, -0.1) is 0 Å². The Morgan fingerprint density at radius 1 is 1.05 bits per heavy atom. The Balaban J connectivity index is 1.93. The van der Waals surface area contributed by atoms with Crippen LogP contribution in [-0.4, -0.2) is 15.0 Å². The molecule has 5 heteroatoms. The second kappa shape index (κ2) is 7.58. The molecule has 2 rings (SSSR count). The zero-order valence-corrected chi connectivity index (χ0v) is 13.9. The van der Waals surface area contributed by atoms with Crippen LogP contribution in [0.25, 0.3) is 6.08 Å². The number of sulfonamides is 1. The van der Waals surface area contributed by atoms with Crippen molar-refractivity contribution < 1.29 is 8.42 Å². The maximum absolute atomic E-state index is 12.1. The van der Waals surface area contributed by atoms with Crippen molar-refractivity contribution in [1.29, 1.82) is 0 Å². The van der Waals surface area contributed by atoms with Crippen LogP contribution in [-0.2, 0) is 16.4 Å². The Morgan fingerprint density at radius 3 is 2.27 bits per heavy atom. The summed E-state index contributed by atoms with van der Waals surface area (Å²) in [5.74, 6) is 0. The van der Waals surface area contributed by atoms with Gasteiger partial charge in [-0.3, -0.25) is 0 Å². The summed E-state index contributed by atoms with van der Waals surface area (Å²) in [6.45, 7) is 2.33. The van der Waals surface area contributed by atoms with Gasteiger partial charge in [0.25, 0.3) is 0 Å². The molecule has 0 radical (unpaired) electrons. The van der Waals surface area contributed by atoms with E-state index in [0.29, 0.717) is 18.0 Å². The molecule has 116 valence electrons. The topological polar surface area (TPSA) is 46.2 Å². The first-order chi connectivity index (χ1) is 10.5. The number of allylic oxidation sites excluding steroid dienone is 1. The van der Waals surface area contributed by atoms with E-state index in [1.54, 1.807) is 12.1 Å². The van der Waals surface area contributed by atoms with Gasteiger partial charge in [-0.2, -0.15) is 0 Å². The number of hydrogen-bond acceptors (Lipinski definition) is 2. The van der Waals surface area contributed by atoms with Crippen molar-refractivity contribution in [2.45, 2.75) is 18.2 Å². The van der Waals surface area contributed by atoms with Crippen molar-refractivity contribution >= 4 is 27.7 Å². The quantitative estimate of drug-likeness (QED) is 0.870. The molecule has 3 nitrogen and oxygen atoms in total. The van der Waals surface area contributed by atoms with E-state index < -0.39 is 10.0 Å². The van der Waals surface area contributed by atoms with Crippen LogP contribution in [0.3, 0.4) is 0 Å². The van der Waals surface area contributed by atoms with Crippen molar-refractivity contribution in [3.05, 3.63) is 70.8 Å². The number of hydrogen-bond donors (Lipinski definition) is 1. The van der Waals surface area contributed by atoms with E-state index in [-0.39, 0.29) is 4.90 Å². The van der Waals surface area contributed by atoms with Gasteiger partial charge >= 0.3 is 0 Å². The summed E-state index contributed by atoms with van der Waals surface area (Å²) in [6, 6.07) is 14.2. The van der Waals surface area contributed by atoms with E-state index in [1.807, 2.05) is 43.3 Å². The van der Waals surface area contributed by atoms with Gasteiger partial charge in [-0.05, 0) is 48.7 Å². The van der Waals surface area contributed by atoms with E-state index in [4.69, 9.17) is 11.6 Å². The lowest BCUT2D eigenvalue weighted by Gasteiger charge is -2.07. The molecule has 1 N–H and O–H groups in total. The highest BCUT2D eigenvalue weighted by Gasteiger charge is 2.12. The normalized spacial score (nSPS) is 11.9. The number of nitrogens with one attached hydrogen (secondary N) is 1. The van der Waals surface area contributed by atoms with E-state index >= 15 is 0 Å². The van der Waals surface area contributed by atoms with Gasteiger partial charge in [0.1, 0.15) is 0 Å². The number of rotatable bonds is 6. The average Bonchev–Trinajstić information content (AvgIpc) is 2.50. The zero-order valence-electron chi connectivity index (χ0n) is 12.3. The molecule has 0 aliphatic heterocycles. The van der Waals surface area contributed by atoms with Crippen molar-refractivity contribution in [1.82, 2.24) is 4.72 Å². The summed E-state index contributed by atoms with van der Waals surface area (Å²) in [5, 5.41) is 0.514. The summed E-state index contributed by atoms with van der Waals surface area (Å²) >= 11 is 5.76. The molecule has 2 aromatic rings. The van der Waals surface area contributed by atoms with Gasteiger partial charge in [0.15, 0.2) is 0 Å². The summed E-state index contributed by atoms with van der Waals surface area (Å²) in [7, 11) is -3.48. The highest BCUT2D eigenvalue weighted by atomic mass is 35.5. The summed E-state index contributed by atoms with van der Waals surface area (Å²) < 4.78 is 26.8. The van der Waals surface area contributed by atoms with Gasteiger partial charge in [-0.1, -0.05) is 48.0 Å². The minimum atomic E-state index is -3.48. The molecule has 2 aromatic carbocycles. The monoisotopic (exact) mass is 335 g/mol. The molecule has 0 aromatic heterocycles. The Labute approximate surface area is 136 Å². The molecule has 0 fully saturated rings. The smallest absolute Gasteiger partial charge is 0.211 e. The fourth-order valence-corrected chi connectivity index (χ4v) is 3.17. The van der Waals surface area contributed by atoms with Gasteiger partial charge in [-0.25, -0.2) is 13.1 Å². The Bertz CT molecular complexity index is 735. The lowest BCUT2D eigenvalue weighted by molar-refractivity contribution is 0.581. The molecule has 0 spiro atoms.